The minimum absolute atomic E-state index is 0.0246. The zero-order valence-corrected chi connectivity index (χ0v) is 12.3. The zero-order chi connectivity index (χ0) is 18.3. The Morgan fingerprint density at radius 3 is 2.50 bits per heavy atom. The van der Waals surface area contributed by atoms with E-state index in [2.05, 4.69) is 10.3 Å². The number of hydrogen-bond acceptors (Lipinski definition) is 7. The number of carboxylic acids is 4. The lowest BCUT2D eigenvalue weighted by atomic mass is 10.00. The van der Waals surface area contributed by atoms with Gasteiger partial charge in [-0.1, -0.05) is 0 Å². The Bertz CT molecular complexity index is 635. The monoisotopic (exact) mass is 339 g/mol. The molecular formula is C14H15N2O8-. The first kappa shape index (κ1) is 18.9. The number of allylic oxidation sites excluding steroid dienone is 2. The van der Waals surface area contributed by atoms with Gasteiger partial charge in [0, 0.05) is 19.1 Å². The summed E-state index contributed by atoms with van der Waals surface area (Å²) in [4.78, 5) is 46.9. The van der Waals surface area contributed by atoms with Crippen molar-refractivity contribution < 1.29 is 39.6 Å². The van der Waals surface area contributed by atoms with Gasteiger partial charge in [0.25, 0.3) is 0 Å². The number of nitrogens with zero attached hydrogens (tertiary/aromatic N) is 1. The van der Waals surface area contributed by atoms with Crippen molar-refractivity contribution in [3.8, 4) is 0 Å². The van der Waals surface area contributed by atoms with Crippen molar-refractivity contribution in [2.45, 2.75) is 31.3 Å². The van der Waals surface area contributed by atoms with Gasteiger partial charge in [-0.3, -0.25) is 9.79 Å². The maximum absolute atomic E-state index is 11.0. The van der Waals surface area contributed by atoms with Gasteiger partial charge < -0.3 is 30.5 Å². The third kappa shape index (κ3) is 5.91. The first-order valence-corrected chi connectivity index (χ1v) is 6.80. The van der Waals surface area contributed by atoms with Crippen LogP contribution in [0.3, 0.4) is 0 Å². The summed E-state index contributed by atoms with van der Waals surface area (Å²) in [7, 11) is 0. The molecule has 0 radical (unpaired) electrons. The molecule has 1 aliphatic rings. The molecule has 1 aliphatic heterocycles. The van der Waals surface area contributed by atoms with Gasteiger partial charge in [0.2, 0.25) is 0 Å². The van der Waals surface area contributed by atoms with Crippen molar-refractivity contribution in [2.75, 3.05) is 0 Å². The summed E-state index contributed by atoms with van der Waals surface area (Å²) in [6.45, 7) is 0. The zero-order valence-electron chi connectivity index (χ0n) is 12.3. The van der Waals surface area contributed by atoms with E-state index in [0.717, 1.165) is 6.21 Å². The van der Waals surface area contributed by atoms with E-state index in [-0.39, 0.29) is 18.5 Å². The first-order chi connectivity index (χ1) is 11.2. The Balaban J connectivity index is 2.90. The number of carboxylic acid groups (broad SMARTS) is 4. The van der Waals surface area contributed by atoms with Crippen molar-refractivity contribution >= 4 is 30.1 Å². The number of rotatable bonds is 8. The average Bonchev–Trinajstić information content (AvgIpc) is 2.49. The maximum Gasteiger partial charge on any atom is 0.351 e. The normalized spacial score (nSPS) is 20.2. The number of carbonyl (C=O) groups is 4. The van der Waals surface area contributed by atoms with Crippen LogP contribution in [0.15, 0.2) is 28.4 Å². The van der Waals surface area contributed by atoms with E-state index in [1.165, 1.54) is 12.2 Å². The molecule has 1 heterocycles. The molecular weight excluding hydrogens is 324 g/mol. The third-order valence-electron chi connectivity index (χ3n) is 3.09. The van der Waals surface area contributed by atoms with E-state index in [1.807, 2.05) is 0 Å². The quantitative estimate of drug-likeness (QED) is 0.378. The summed E-state index contributed by atoms with van der Waals surface area (Å²) >= 11 is 0. The smallest absolute Gasteiger partial charge is 0.351 e. The second-order valence-corrected chi connectivity index (χ2v) is 4.91. The Kier molecular flexibility index (Phi) is 6.65. The van der Waals surface area contributed by atoms with Crippen LogP contribution in [-0.2, 0) is 19.2 Å². The number of aliphatic carboxylic acids is 4. The largest absolute Gasteiger partial charge is 0.548 e. The summed E-state index contributed by atoms with van der Waals surface area (Å²) in [6.07, 6.45) is 2.87. The summed E-state index contributed by atoms with van der Waals surface area (Å²) < 4.78 is 0. The van der Waals surface area contributed by atoms with E-state index in [0.29, 0.717) is 5.57 Å². The molecule has 0 aromatic rings. The molecule has 0 fully saturated rings. The first-order valence-electron chi connectivity index (χ1n) is 6.80. The van der Waals surface area contributed by atoms with Gasteiger partial charge >= 0.3 is 17.9 Å². The van der Waals surface area contributed by atoms with Gasteiger partial charge in [-0.2, -0.15) is 0 Å². The standard InChI is InChI=1S/C14H16N2O8/c17-11(18)2-1-8(12(19)20)15-4-3-7-5-9(13(21)22)16-10(6-7)14(23)24/h3-5,8,10,16H,1-2,6H2,(H,17,18)(H,19,20)(H,21,22)(H,23,24)/p-1/b7-3-,15-4?/t8-,10-/m0/s1. The fraction of sp³-hybridized carbons (Fsp3) is 0.357. The van der Waals surface area contributed by atoms with Crippen molar-refractivity contribution in [3.63, 3.8) is 0 Å². The lowest BCUT2D eigenvalue weighted by Gasteiger charge is -2.21. The highest BCUT2D eigenvalue weighted by atomic mass is 16.4. The highest BCUT2D eigenvalue weighted by molar-refractivity contribution is 5.89. The molecule has 10 heteroatoms. The highest BCUT2D eigenvalue weighted by Crippen LogP contribution is 2.16. The van der Waals surface area contributed by atoms with Crippen molar-refractivity contribution in [1.82, 2.24) is 5.32 Å². The second kappa shape index (κ2) is 8.46. The fourth-order valence-electron chi connectivity index (χ4n) is 1.91. The van der Waals surface area contributed by atoms with E-state index >= 15 is 0 Å². The van der Waals surface area contributed by atoms with E-state index in [1.54, 1.807) is 0 Å². The Labute approximate surface area is 135 Å². The van der Waals surface area contributed by atoms with Crippen LogP contribution in [-0.4, -0.2) is 57.5 Å². The van der Waals surface area contributed by atoms with Crippen molar-refractivity contribution in [3.05, 3.63) is 23.4 Å². The Hall–Kier alpha value is -3.17. The lowest BCUT2D eigenvalue weighted by molar-refractivity contribution is -0.307. The van der Waals surface area contributed by atoms with Crippen LogP contribution in [0.2, 0.25) is 0 Å². The summed E-state index contributed by atoms with van der Waals surface area (Å²) in [5.74, 6) is -5.29. The van der Waals surface area contributed by atoms with Crippen LogP contribution in [0, 0.1) is 0 Å². The van der Waals surface area contributed by atoms with E-state index in [9.17, 15) is 24.3 Å². The van der Waals surface area contributed by atoms with Crippen LogP contribution in [0.1, 0.15) is 19.3 Å². The van der Waals surface area contributed by atoms with Crippen LogP contribution < -0.4 is 10.4 Å². The molecule has 1 rings (SSSR count). The molecule has 0 aromatic carbocycles. The molecule has 130 valence electrons. The summed E-state index contributed by atoms with van der Waals surface area (Å²) in [5.41, 5.74) is 0.00765. The molecule has 0 saturated heterocycles. The van der Waals surface area contributed by atoms with Crippen molar-refractivity contribution in [2.24, 2.45) is 4.99 Å². The van der Waals surface area contributed by atoms with Gasteiger partial charge in [-0.15, -0.1) is 0 Å². The fourth-order valence-corrected chi connectivity index (χ4v) is 1.91. The molecule has 0 bridgehead atoms. The van der Waals surface area contributed by atoms with Crippen LogP contribution in [0.25, 0.3) is 0 Å². The number of hydrogen-bond donors (Lipinski definition) is 4. The van der Waals surface area contributed by atoms with Gasteiger partial charge in [-0.05, 0) is 24.1 Å². The Morgan fingerprint density at radius 1 is 1.33 bits per heavy atom. The predicted octanol–water partition coefficient (Wildman–Crippen LogP) is -1.62. The minimum atomic E-state index is -1.54. The SMILES string of the molecule is O=C(O)CC[C@H](N=C/C=C1/C=C(C(=O)O)N[C@H](C(=O)O)C1)C(=O)[O-]. The lowest BCUT2D eigenvalue weighted by Crippen LogP contribution is -2.41. The minimum Gasteiger partial charge on any atom is -0.548 e. The molecule has 0 unspecified atom stereocenters. The highest BCUT2D eigenvalue weighted by Gasteiger charge is 2.26. The van der Waals surface area contributed by atoms with Crippen LogP contribution >= 0.6 is 0 Å². The van der Waals surface area contributed by atoms with Crippen LogP contribution in [0.4, 0.5) is 0 Å². The molecule has 0 saturated carbocycles. The topological polar surface area (TPSA) is 176 Å². The molecule has 4 N–H and O–H groups in total. The molecule has 0 spiro atoms. The molecule has 0 aliphatic carbocycles. The molecule has 0 amide bonds. The van der Waals surface area contributed by atoms with Gasteiger partial charge in [0.05, 0.1) is 12.0 Å². The molecule has 2 atom stereocenters. The summed E-state index contributed by atoms with van der Waals surface area (Å²) in [5, 5.41) is 39.7. The van der Waals surface area contributed by atoms with Crippen LogP contribution in [0.5, 0.6) is 0 Å². The van der Waals surface area contributed by atoms with E-state index in [4.69, 9.17) is 15.3 Å². The molecule has 10 nitrogen and oxygen atoms in total. The summed E-state index contributed by atoms with van der Waals surface area (Å²) in [6, 6.07) is -2.50. The number of carbonyl (C=O) groups excluding carboxylic acids is 1. The number of nitrogens with one attached hydrogen (secondary N) is 1. The van der Waals surface area contributed by atoms with Gasteiger partial charge in [-0.25, -0.2) is 9.59 Å². The van der Waals surface area contributed by atoms with Crippen molar-refractivity contribution in [1.29, 1.82) is 0 Å². The van der Waals surface area contributed by atoms with Gasteiger partial charge in [0.1, 0.15) is 11.7 Å². The number of aliphatic imine (C=N–C) groups is 1. The average molecular weight is 339 g/mol. The molecule has 0 aromatic heterocycles. The predicted molar refractivity (Wildman–Crippen MR) is 77.1 cm³/mol. The second-order valence-electron chi connectivity index (χ2n) is 4.91. The van der Waals surface area contributed by atoms with E-state index < -0.39 is 42.4 Å². The maximum atomic E-state index is 11.0. The van der Waals surface area contributed by atoms with Gasteiger partial charge in [0.15, 0.2) is 0 Å². The Morgan fingerprint density at radius 2 is 2.00 bits per heavy atom. The molecule has 24 heavy (non-hydrogen) atoms. The third-order valence-corrected chi connectivity index (χ3v) is 3.09.